The Kier molecular flexibility index (Phi) is 9.44. The molecule has 0 aromatic carbocycles. The normalized spacial score (nSPS) is 23.1. The predicted octanol–water partition coefficient (Wildman–Crippen LogP) is 7.99. The summed E-state index contributed by atoms with van der Waals surface area (Å²) >= 11 is 0. The van der Waals surface area contributed by atoms with Crippen molar-refractivity contribution in [3.05, 3.63) is 0 Å². The van der Waals surface area contributed by atoms with Crippen molar-refractivity contribution < 1.29 is 9.78 Å². The van der Waals surface area contributed by atoms with E-state index >= 15 is 0 Å². The minimum Gasteiger partial charge on any atom is -0.230 e. The lowest BCUT2D eigenvalue weighted by atomic mass is 9.83. The van der Waals surface area contributed by atoms with E-state index in [2.05, 4.69) is 27.7 Å². The van der Waals surface area contributed by atoms with Gasteiger partial charge in [0.05, 0.1) is 11.2 Å². The highest BCUT2D eigenvalue weighted by atomic mass is 17.2. The van der Waals surface area contributed by atoms with E-state index in [1.54, 1.807) is 0 Å². The average molecular weight is 367 g/mol. The van der Waals surface area contributed by atoms with Gasteiger partial charge < -0.3 is 0 Å². The van der Waals surface area contributed by atoms with E-state index in [1.165, 1.54) is 89.9 Å². The zero-order valence-electron chi connectivity index (χ0n) is 18.3. The topological polar surface area (TPSA) is 18.5 Å². The minimum absolute atomic E-state index is 0.179. The first-order valence-corrected chi connectivity index (χ1v) is 11.7. The summed E-state index contributed by atoms with van der Waals surface area (Å²) in [6.07, 6.45) is 21.9. The molecule has 2 aliphatic carbocycles. The lowest BCUT2D eigenvalue weighted by molar-refractivity contribution is -0.405. The van der Waals surface area contributed by atoms with Gasteiger partial charge >= 0.3 is 0 Å². The number of hydrogen-bond acceptors (Lipinski definition) is 2. The molecule has 2 aliphatic rings. The fraction of sp³-hybridized carbons (Fsp3) is 1.00. The molecule has 2 rings (SSSR count). The van der Waals surface area contributed by atoms with Gasteiger partial charge in [-0.2, -0.15) is 0 Å². The largest absolute Gasteiger partial charge is 0.230 e. The van der Waals surface area contributed by atoms with Crippen LogP contribution in [0.5, 0.6) is 0 Å². The zero-order chi connectivity index (χ0) is 18.9. The second-order valence-corrected chi connectivity index (χ2v) is 10.5. The van der Waals surface area contributed by atoms with Gasteiger partial charge in [0.25, 0.3) is 0 Å². The molecule has 2 heteroatoms. The number of rotatable bonds is 7. The highest BCUT2D eigenvalue weighted by Crippen LogP contribution is 2.34. The van der Waals surface area contributed by atoms with Crippen LogP contribution < -0.4 is 0 Å². The Morgan fingerprint density at radius 1 is 0.500 bits per heavy atom. The van der Waals surface area contributed by atoms with Crippen molar-refractivity contribution in [1.29, 1.82) is 0 Å². The molecule has 0 bridgehead atoms. The zero-order valence-corrected chi connectivity index (χ0v) is 18.3. The van der Waals surface area contributed by atoms with Crippen LogP contribution in [-0.4, -0.2) is 11.2 Å². The Morgan fingerprint density at radius 2 is 0.769 bits per heavy atom. The van der Waals surface area contributed by atoms with E-state index in [-0.39, 0.29) is 11.2 Å². The molecule has 0 radical (unpaired) electrons. The van der Waals surface area contributed by atoms with Gasteiger partial charge in [0.15, 0.2) is 0 Å². The summed E-state index contributed by atoms with van der Waals surface area (Å²) < 4.78 is 0. The van der Waals surface area contributed by atoms with E-state index in [9.17, 15) is 0 Å². The van der Waals surface area contributed by atoms with Gasteiger partial charge in [-0.15, -0.1) is 0 Å². The van der Waals surface area contributed by atoms with Gasteiger partial charge in [0.2, 0.25) is 0 Å². The molecule has 2 fully saturated rings. The summed E-state index contributed by atoms with van der Waals surface area (Å²) in [5.74, 6) is 1.62. The van der Waals surface area contributed by atoms with Gasteiger partial charge in [-0.1, -0.05) is 89.9 Å². The van der Waals surface area contributed by atoms with Crippen LogP contribution in [0.15, 0.2) is 0 Å². The standard InChI is InChI=1S/C24H46O2/c1-23(2,19-21-15-11-7-5-8-12-16-21)25-26-24(3,4)20-22-17-13-9-6-10-14-18-22/h21-22H,5-20H2,1-4H3. The highest BCUT2D eigenvalue weighted by Gasteiger charge is 2.31. The van der Waals surface area contributed by atoms with Crippen LogP contribution in [-0.2, 0) is 9.78 Å². The summed E-state index contributed by atoms with van der Waals surface area (Å²) in [6, 6.07) is 0. The third kappa shape index (κ3) is 9.22. The summed E-state index contributed by atoms with van der Waals surface area (Å²) in [5.41, 5.74) is -0.357. The van der Waals surface area contributed by atoms with Crippen molar-refractivity contribution in [1.82, 2.24) is 0 Å². The smallest absolute Gasteiger partial charge is 0.0983 e. The monoisotopic (exact) mass is 366 g/mol. The van der Waals surface area contributed by atoms with Crippen LogP contribution in [0.1, 0.15) is 130 Å². The fourth-order valence-electron chi connectivity index (χ4n) is 5.17. The van der Waals surface area contributed by atoms with E-state index in [4.69, 9.17) is 9.78 Å². The van der Waals surface area contributed by atoms with Crippen molar-refractivity contribution in [2.45, 2.75) is 142 Å². The van der Waals surface area contributed by atoms with Gasteiger partial charge in [-0.05, 0) is 52.4 Å². The first-order valence-electron chi connectivity index (χ1n) is 11.7. The maximum absolute atomic E-state index is 6.07. The van der Waals surface area contributed by atoms with Crippen molar-refractivity contribution in [3.8, 4) is 0 Å². The first-order chi connectivity index (χ1) is 12.4. The molecule has 0 heterocycles. The third-order valence-electron chi connectivity index (χ3n) is 6.50. The molecule has 0 atom stereocenters. The first kappa shape index (κ1) is 22.2. The Bertz CT molecular complexity index is 322. The molecule has 0 spiro atoms. The van der Waals surface area contributed by atoms with E-state index < -0.39 is 0 Å². The lowest BCUT2D eigenvalue weighted by Gasteiger charge is -2.35. The van der Waals surface area contributed by atoms with Gasteiger partial charge in [0.1, 0.15) is 0 Å². The maximum Gasteiger partial charge on any atom is 0.0983 e. The molecule has 0 aromatic rings. The second-order valence-electron chi connectivity index (χ2n) is 10.5. The van der Waals surface area contributed by atoms with Gasteiger partial charge in [-0.25, -0.2) is 9.78 Å². The Morgan fingerprint density at radius 3 is 1.08 bits per heavy atom. The third-order valence-corrected chi connectivity index (χ3v) is 6.50. The Labute approximate surface area is 163 Å². The maximum atomic E-state index is 6.07. The van der Waals surface area contributed by atoms with E-state index in [0.717, 1.165) is 24.7 Å². The van der Waals surface area contributed by atoms with Crippen molar-refractivity contribution >= 4 is 0 Å². The van der Waals surface area contributed by atoms with Crippen molar-refractivity contribution in [2.75, 3.05) is 0 Å². The van der Waals surface area contributed by atoms with E-state index in [1.807, 2.05) is 0 Å². The Hall–Kier alpha value is -0.0800. The van der Waals surface area contributed by atoms with E-state index in [0.29, 0.717) is 0 Å². The minimum atomic E-state index is -0.179. The summed E-state index contributed by atoms with van der Waals surface area (Å²) in [6.45, 7) is 8.88. The van der Waals surface area contributed by atoms with Crippen LogP contribution >= 0.6 is 0 Å². The molecule has 2 nitrogen and oxygen atoms in total. The Balaban J connectivity index is 1.76. The van der Waals surface area contributed by atoms with Crippen LogP contribution in [0.3, 0.4) is 0 Å². The molecule has 154 valence electrons. The molecule has 0 N–H and O–H groups in total. The lowest BCUT2D eigenvalue weighted by Crippen LogP contribution is -2.35. The molecule has 26 heavy (non-hydrogen) atoms. The second kappa shape index (κ2) is 11.1. The quantitative estimate of drug-likeness (QED) is 0.336. The summed E-state index contributed by atoms with van der Waals surface area (Å²) in [5, 5.41) is 0. The molecular weight excluding hydrogens is 320 g/mol. The van der Waals surface area contributed by atoms with Gasteiger partial charge in [-0.3, -0.25) is 0 Å². The molecule has 0 saturated heterocycles. The summed E-state index contributed by atoms with van der Waals surface area (Å²) in [7, 11) is 0. The summed E-state index contributed by atoms with van der Waals surface area (Å²) in [4.78, 5) is 12.1. The van der Waals surface area contributed by atoms with Crippen LogP contribution in [0, 0.1) is 11.8 Å². The molecule has 0 unspecified atom stereocenters. The molecular formula is C24H46O2. The predicted molar refractivity (Wildman–Crippen MR) is 111 cm³/mol. The molecule has 0 aromatic heterocycles. The fourth-order valence-corrected chi connectivity index (χ4v) is 5.17. The van der Waals surface area contributed by atoms with Crippen LogP contribution in [0.2, 0.25) is 0 Å². The van der Waals surface area contributed by atoms with Crippen LogP contribution in [0.4, 0.5) is 0 Å². The average Bonchev–Trinajstić information content (AvgIpc) is 2.51. The molecule has 2 saturated carbocycles. The molecule has 0 amide bonds. The highest BCUT2D eigenvalue weighted by molar-refractivity contribution is 4.77. The number of hydrogen-bond donors (Lipinski definition) is 0. The van der Waals surface area contributed by atoms with Crippen LogP contribution in [0.25, 0.3) is 0 Å². The van der Waals surface area contributed by atoms with Crippen molar-refractivity contribution in [3.63, 3.8) is 0 Å². The molecule has 0 aliphatic heterocycles. The SMILES string of the molecule is CC(C)(CC1CCCCCCC1)OOC(C)(C)CC1CCCCCCC1. The van der Waals surface area contributed by atoms with Crippen molar-refractivity contribution in [2.24, 2.45) is 11.8 Å². The van der Waals surface area contributed by atoms with Gasteiger partial charge in [0, 0.05) is 0 Å².